The van der Waals surface area contributed by atoms with E-state index in [0.717, 1.165) is 36.8 Å². The van der Waals surface area contributed by atoms with Crippen molar-refractivity contribution < 1.29 is 9.18 Å². The number of hydrogen-bond donors (Lipinski definition) is 2. The number of hydrogen-bond acceptors (Lipinski definition) is 2. The molecule has 0 bridgehead atoms. The van der Waals surface area contributed by atoms with Gasteiger partial charge in [0.25, 0.3) is 0 Å². The summed E-state index contributed by atoms with van der Waals surface area (Å²) in [5, 5.41) is 6.03. The Labute approximate surface area is 132 Å². The molecule has 1 aliphatic carbocycles. The van der Waals surface area contributed by atoms with Gasteiger partial charge in [-0.2, -0.15) is 0 Å². The summed E-state index contributed by atoms with van der Waals surface area (Å²) in [6.07, 6.45) is 3.04. The molecule has 1 heterocycles. The molecule has 0 radical (unpaired) electrons. The molecule has 2 aliphatic rings. The monoisotopic (exact) mass is 362 g/mol. The lowest BCUT2D eigenvalue weighted by atomic mass is 9.92. The minimum atomic E-state index is -0.392. The maximum absolute atomic E-state index is 13.6. The first kappa shape index (κ1) is 15.7. The molecule has 110 valence electrons. The van der Waals surface area contributed by atoms with E-state index in [4.69, 9.17) is 0 Å². The Morgan fingerprint density at radius 2 is 2.10 bits per heavy atom. The van der Waals surface area contributed by atoms with Crippen LogP contribution in [0.5, 0.6) is 0 Å². The van der Waals surface area contributed by atoms with Gasteiger partial charge in [-0.3, -0.25) is 4.79 Å². The molecule has 3 nitrogen and oxygen atoms in total. The van der Waals surface area contributed by atoms with Crippen molar-refractivity contribution in [2.24, 2.45) is 11.3 Å². The number of piperidine rings is 1. The van der Waals surface area contributed by atoms with Crippen LogP contribution in [0.4, 0.5) is 10.1 Å². The minimum absolute atomic E-state index is 0. The smallest absolute Gasteiger partial charge is 0.228 e. The summed E-state index contributed by atoms with van der Waals surface area (Å²) < 4.78 is 14.4. The third-order valence-electron chi connectivity index (χ3n) is 4.29. The normalized spacial score (nSPS) is 23.0. The number of carbonyl (C=O) groups excluding carboxylic acids is 1. The van der Waals surface area contributed by atoms with Crippen LogP contribution in [-0.2, 0) is 4.79 Å². The second-order valence-electron chi connectivity index (χ2n) is 5.48. The van der Waals surface area contributed by atoms with E-state index < -0.39 is 5.82 Å². The third-order valence-corrected chi connectivity index (χ3v) is 4.79. The van der Waals surface area contributed by atoms with E-state index >= 15 is 0 Å². The van der Waals surface area contributed by atoms with Crippen molar-refractivity contribution in [1.82, 2.24) is 5.32 Å². The molecular formula is C14H17BrClFN2O. The predicted octanol–water partition coefficient (Wildman–Crippen LogP) is 3.34. The molecule has 1 spiro atoms. The molecule has 3 rings (SSSR count). The van der Waals surface area contributed by atoms with Gasteiger partial charge in [0, 0.05) is 10.4 Å². The van der Waals surface area contributed by atoms with Gasteiger partial charge in [-0.05, 0) is 56.0 Å². The predicted molar refractivity (Wildman–Crippen MR) is 82.6 cm³/mol. The lowest BCUT2D eigenvalue weighted by Crippen LogP contribution is -2.31. The third kappa shape index (κ3) is 3.00. The van der Waals surface area contributed by atoms with Gasteiger partial charge in [0.05, 0.1) is 5.69 Å². The van der Waals surface area contributed by atoms with Crippen molar-refractivity contribution in [1.29, 1.82) is 0 Å². The van der Waals surface area contributed by atoms with Gasteiger partial charge >= 0.3 is 0 Å². The largest absolute Gasteiger partial charge is 0.323 e. The maximum Gasteiger partial charge on any atom is 0.228 e. The van der Waals surface area contributed by atoms with Crippen molar-refractivity contribution in [3.8, 4) is 0 Å². The van der Waals surface area contributed by atoms with Crippen LogP contribution in [0.2, 0.25) is 0 Å². The molecule has 1 aromatic carbocycles. The highest BCUT2D eigenvalue weighted by atomic mass is 79.9. The highest BCUT2D eigenvalue weighted by Crippen LogP contribution is 2.58. The van der Waals surface area contributed by atoms with E-state index in [9.17, 15) is 9.18 Å². The molecule has 6 heteroatoms. The first-order chi connectivity index (χ1) is 9.11. The van der Waals surface area contributed by atoms with Crippen molar-refractivity contribution in [2.75, 3.05) is 18.4 Å². The van der Waals surface area contributed by atoms with E-state index in [-0.39, 0.29) is 35.3 Å². The summed E-state index contributed by atoms with van der Waals surface area (Å²) in [6.45, 7) is 1.96. The standard InChI is InChI=1S/C14H16BrFN2O.ClH/c15-9-1-2-11(16)12(7-9)18-13(19)10-8-14(10)3-5-17-6-4-14;/h1-2,7,10,17H,3-6,8H2,(H,18,19);1H. The van der Waals surface area contributed by atoms with Gasteiger partial charge in [0.1, 0.15) is 5.82 Å². The molecule has 0 aromatic heterocycles. The van der Waals surface area contributed by atoms with Crippen LogP contribution >= 0.6 is 28.3 Å². The first-order valence-electron chi connectivity index (χ1n) is 6.57. The van der Waals surface area contributed by atoms with Crippen LogP contribution < -0.4 is 10.6 Å². The van der Waals surface area contributed by atoms with Gasteiger partial charge in [-0.1, -0.05) is 15.9 Å². The van der Waals surface area contributed by atoms with Crippen LogP contribution in [-0.4, -0.2) is 19.0 Å². The average Bonchev–Trinajstić information content (AvgIpc) is 3.08. The average molecular weight is 364 g/mol. The van der Waals surface area contributed by atoms with Gasteiger partial charge in [-0.15, -0.1) is 12.4 Å². The van der Waals surface area contributed by atoms with Crippen LogP contribution in [0.3, 0.4) is 0 Å². The van der Waals surface area contributed by atoms with Crippen LogP contribution in [0.25, 0.3) is 0 Å². The lowest BCUT2D eigenvalue weighted by molar-refractivity contribution is -0.118. The minimum Gasteiger partial charge on any atom is -0.323 e. The molecule has 1 atom stereocenters. The summed E-state index contributed by atoms with van der Waals surface area (Å²) in [5.41, 5.74) is 0.438. The molecule has 2 fully saturated rings. The summed E-state index contributed by atoms with van der Waals surface area (Å²) in [6, 6.07) is 4.58. The van der Waals surface area contributed by atoms with Gasteiger partial charge in [0.15, 0.2) is 0 Å². The van der Waals surface area contributed by atoms with Crippen molar-refractivity contribution >= 4 is 39.9 Å². The molecule has 1 aromatic rings. The number of benzene rings is 1. The molecule has 20 heavy (non-hydrogen) atoms. The zero-order chi connectivity index (χ0) is 13.5. The number of rotatable bonds is 2. The zero-order valence-electron chi connectivity index (χ0n) is 10.9. The summed E-state index contributed by atoms with van der Waals surface area (Å²) in [5.74, 6) is -0.386. The van der Waals surface area contributed by atoms with Crippen LogP contribution in [0.15, 0.2) is 22.7 Å². The zero-order valence-corrected chi connectivity index (χ0v) is 13.3. The summed E-state index contributed by atoms with van der Waals surface area (Å²) in [4.78, 5) is 12.2. The highest BCUT2D eigenvalue weighted by molar-refractivity contribution is 9.10. The van der Waals surface area contributed by atoms with Crippen molar-refractivity contribution in [2.45, 2.75) is 19.3 Å². The number of amides is 1. The molecule has 2 N–H and O–H groups in total. The van der Waals surface area contributed by atoms with Crippen LogP contribution in [0, 0.1) is 17.2 Å². The van der Waals surface area contributed by atoms with Crippen LogP contribution in [0.1, 0.15) is 19.3 Å². The Balaban J connectivity index is 0.00000147. The topological polar surface area (TPSA) is 41.1 Å². The first-order valence-corrected chi connectivity index (χ1v) is 7.37. The van der Waals surface area contributed by atoms with Gasteiger partial charge in [-0.25, -0.2) is 4.39 Å². The number of halogens is 3. The Morgan fingerprint density at radius 3 is 2.80 bits per heavy atom. The SMILES string of the molecule is Cl.O=C(Nc1cc(Br)ccc1F)C1CC12CCNCC2. The lowest BCUT2D eigenvalue weighted by Gasteiger charge is -2.23. The van der Waals surface area contributed by atoms with E-state index in [1.807, 2.05) is 0 Å². The van der Waals surface area contributed by atoms with E-state index in [0.29, 0.717) is 0 Å². The molecule has 1 amide bonds. The number of carbonyl (C=O) groups is 1. The highest BCUT2D eigenvalue weighted by Gasteiger charge is 2.57. The van der Waals surface area contributed by atoms with Gasteiger partial charge < -0.3 is 10.6 Å². The Morgan fingerprint density at radius 1 is 1.40 bits per heavy atom. The second-order valence-corrected chi connectivity index (χ2v) is 6.40. The number of anilines is 1. The Bertz CT molecular complexity index is 520. The van der Waals surface area contributed by atoms with E-state index in [1.165, 1.54) is 6.07 Å². The fraction of sp³-hybridized carbons (Fsp3) is 0.500. The van der Waals surface area contributed by atoms with Crippen molar-refractivity contribution in [3.63, 3.8) is 0 Å². The van der Waals surface area contributed by atoms with Crippen molar-refractivity contribution in [3.05, 3.63) is 28.5 Å². The maximum atomic E-state index is 13.6. The second kappa shape index (κ2) is 6.00. The molecule has 1 aliphatic heterocycles. The Hall–Kier alpha value is -0.650. The molecular weight excluding hydrogens is 347 g/mol. The molecule has 1 saturated heterocycles. The molecule has 1 unspecified atom stereocenters. The van der Waals surface area contributed by atoms with E-state index in [2.05, 4.69) is 26.6 Å². The Kier molecular flexibility index (Phi) is 4.72. The fourth-order valence-corrected chi connectivity index (χ4v) is 3.37. The summed E-state index contributed by atoms with van der Waals surface area (Å²) >= 11 is 3.28. The fourth-order valence-electron chi connectivity index (χ4n) is 3.01. The number of nitrogens with one attached hydrogen (secondary N) is 2. The quantitative estimate of drug-likeness (QED) is 0.846. The van der Waals surface area contributed by atoms with Gasteiger partial charge in [0.2, 0.25) is 5.91 Å². The summed E-state index contributed by atoms with van der Waals surface area (Å²) in [7, 11) is 0. The molecule has 1 saturated carbocycles. The van der Waals surface area contributed by atoms with E-state index in [1.54, 1.807) is 12.1 Å².